The van der Waals surface area contributed by atoms with E-state index in [1.54, 1.807) is 0 Å². The van der Waals surface area contributed by atoms with E-state index in [1.807, 2.05) is 0 Å². The first-order valence-corrected chi connectivity index (χ1v) is 19.6. The second kappa shape index (κ2) is 12.7. The van der Waals surface area contributed by atoms with Crippen LogP contribution in [0.4, 0.5) is 0 Å². The SMILES string of the molecule is CC1(C)CC[C@]2(C(=O)O)CC[C@]3(C)C(=C2C1)CC[C@@H]1[C@@]2(C)CC[C@H](O[C@@H]4OC[C@H](O)[C@H](O)[C@H]4O[C@@H]4OC[C@@H](O)[C@H](O)[C@H]4O)C(C)(C)[C@@H]2CC[C@]13C. The van der Waals surface area contributed by atoms with Gasteiger partial charge in [0.2, 0.25) is 0 Å². The average Bonchev–Trinajstić information content (AvgIpc) is 3.05. The van der Waals surface area contributed by atoms with Crippen LogP contribution in [0.5, 0.6) is 0 Å². The quantitative estimate of drug-likeness (QED) is 0.177. The largest absolute Gasteiger partial charge is 0.481 e. The summed E-state index contributed by atoms with van der Waals surface area (Å²) >= 11 is 0. The zero-order valence-corrected chi connectivity index (χ0v) is 31.8. The monoisotopic (exact) mass is 720 g/mol. The van der Waals surface area contributed by atoms with E-state index in [1.165, 1.54) is 11.1 Å². The van der Waals surface area contributed by atoms with E-state index in [0.29, 0.717) is 11.8 Å². The highest BCUT2D eigenvalue weighted by molar-refractivity contribution is 5.80. The summed E-state index contributed by atoms with van der Waals surface area (Å²) in [6.45, 7) is 16.3. The van der Waals surface area contributed by atoms with Gasteiger partial charge in [0.25, 0.3) is 0 Å². The molecule has 0 bridgehead atoms. The molecule has 0 aromatic rings. The molecule has 0 unspecified atom stereocenters. The maximum atomic E-state index is 13.0. The Morgan fingerprint density at radius 1 is 0.686 bits per heavy atom. The highest BCUT2D eigenvalue weighted by Crippen LogP contribution is 2.75. The minimum Gasteiger partial charge on any atom is -0.481 e. The number of hydrogen-bond donors (Lipinski definition) is 6. The molecule has 4 saturated carbocycles. The first kappa shape index (κ1) is 38.1. The molecule has 51 heavy (non-hydrogen) atoms. The van der Waals surface area contributed by atoms with Crippen LogP contribution in [-0.4, -0.2) is 105 Å². The zero-order chi connectivity index (χ0) is 37.1. The van der Waals surface area contributed by atoms with Gasteiger partial charge in [0.05, 0.1) is 24.7 Å². The van der Waals surface area contributed by atoms with Crippen molar-refractivity contribution < 1.29 is 54.4 Å². The van der Waals surface area contributed by atoms with Crippen molar-refractivity contribution in [2.24, 2.45) is 44.3 Å². The molecular formula is C40H64O11. The number of ether oxygens (including phenoxy) is 4. The summed E-state index contributed by atoms with van der Waals surface area (Å²) in [6, 6.07) is 0. The van der Waals surface area contributed by atoms with E-state index >= 15 is 0 Å². The van der Waals surface area contributed by atoms with E-state index in [-0.39, 0.29) is 46.4 Å². The van der Waals surface area contributed by atoms with Crippen molar-refractivity contribution in [2.45, 2.75) is 174 Å². The second-order valence-electron chi connectivity index (χ2n) is 19.7. The van der Waals surface area contributed by atoms with Gasteiger partial charge in [-0.1, -0.05) is 59.6 Å². The number of allylic oxidation sites excluding steroid dienone is 1. The molecule has 11 nitrogen and oxygen atoms in total. The Balaban J connectivity index is 1.13. The molecule has 7 rings (SSSR count). The van der Waals surface area contributed by atoms with E-state index < -0.39 is 60.6 Å². The Labute approximate surface area is 303 Å². The molecule has 2 heterocycles. The molecule has 2 aliphatic heterocycles. The van der Waals surface area contributed by atoms with Crippen molar-refractivity contribution in [2.75, 3.05) is 13.2 Å². The van der Waals surface area contributed by atoms with Crippen LogP contribution in [-0.2, 0) is 23.7 Å². The van der Waals surface area contributed by atoms with E-state index in [2.05, 4.69) is 48.5 Å². The third-order valence-corrected chi connectivity index (χ3v) is 16.4. The summed E-state index contributed by atoms with van der Waals surface area (Å²) in [5, 5.41) is 62.9. The van der Waals surface area contributed by atoms with E-state index in [4.69, 9.17) is 18.9 Å². The smallest absolute Gasteiger partial charge is 0.313 e. The molecule has 5 aliphatic carbocycles. The number of carboxylic acids is 1. The lowest BCUT2D eigenvalue weighted by molar-refractivity contribution is -0.357. The van der Waals surface area contributed by atoms with Gasteiger partial charge in [0, 0.05) is 0 Å². The zero-order valence-electron chi connectivity index (χ0n) is 31.8. The third kappa shape index (κ3) is 5.64. The van der Waals surface area contributed by atoms with Gasteiger partial charge in [-0.2, -0.15) is 0 Å². The summed E-state index contributed by atoms with van der Waals surface area (Å²) in [7, 11) is 0. The fraction of sp³-hybridized carbons (Fsp3) is 0.925. The lowest BCUT2D eigenvalue weighted by Gasteiger charge is -2.71. The number of rotatable bonds is 5. The van der Waals surface area contributed by atoms with Crippen molar-refractivity contribution in [1.82, 2.24) is 0 Å². The summed E-state index contributed by atoms with van der Waals surface area (Å²) in [6.07, 6.45) is -0.721. The standard InChI is InChI=1S/C40H64O11/c1-35(2)14-16-40(34(46)47)17-15-38(6)21(22(40)18-35)8-9-26-37(5)12-11-27(36(3,4)25(37)10-13-39(26,38)7)50-33-31(29(44)24(42)20-49-33)51-32-30(45)28(43)23(41)19-48-32/h23-33,41-45H,8-20H2,1-7H3,(H,46,47)/t23-,24+,25+,26-,27+,28+,29+,30-,31-,32+,33+,37+,38-,39-,40+/m1/s1. The second-order valence-corrected chi connectivity index (χ2v) is 19.7. The lowest BCUT2D eigenvalue weighted by atomic mass is 9.34. The predicted molar refractivity (Wildman–Crippen MR) is 186 cm³/mol. The Bertz CT molecular complexity index is 1400. The minimum atomic E-state index is -1.56. The number of fused-ring (bicyclic) bond motifs is 6. The molecule has 0 aromatic carbocycles. The van der Waals surface area contributed by atoms with Gasteiger partial charge in [0.15, 0.2) is 12.6 Å². The summed E-state index contributed by atoms with van der Waals surface area (Å²) in [5.74, 6) is 0.188. The highest BCUT2D eigenvalue weighted by Gasteiger charge is 2.68. The van der Waals surface area contributed by atoms with Gasteiger partial charge in [-0.3, -0.25) is 4.79 Å². The van der Waals surface area contributed by atoms with Crippen LogP contribution in [0, 0.1) is 44.3 Å². The molecule has 11 heteroatoms. The van der Waals surface area contributed by atoms with Gasteiger partial charge in [-0.15, -0.1) is 0 Å². The molecule has 15 atom stereocenters. The van der Waals surface area contributed by atoms with Gasteiger partial charge in [0.1, 0.15) is 36.6 Å². The third-order valence-electron chi connectivity index (χ3n) is 16.4. The Morgan fingerprint density at radius 2 is 1.33 bits per heavy atom. The van der Waals surface area contributed by atoms with Crippen molar-refractivity contribution in [3.63, 3.8) is 0 Å². The van der Waals surface area contributed by atoms with Crippen molar-refractivity contribution in [3.05, 3.63) is 11.1 Å². The van der Waals surface area contributed by atoms with E-state index in [9.17, 15) is 35.4 Å². The highest BCUT2D eigenvalue weighted by atomic mass is 16.7. The summed E-state index contributed by atoms with van der Waals surface area (Å²) in [4.78, 5) is 13.0. The minimum absolute atomic E-state index is 0.0405. The summed E-state index contributed by atoms with van der Waals surface area (Å²) in [5.41, 5.74) is 1.89. The number of aliphatic hydroxyl groups is 5. The first-order chi connectivity index (χ1) is 23.7. The van der Waals surface area contributed by atoms with Gasteiger partial charge >= 0.3 is 5.97 Å². The van der Waals surface area contributed by atoms with Crippen molar-refractivity contribution in [3.8, 4) is 0 Å². The predicted octanol–water partition coefficient (Wildman–Crippen LogP) is 4.30. The molecule has 0 radical (unpaired) electrons. The number of carbonyl (C=O) groups is 1. The average molecular weight is 721 g/mol. The topological polar surface area (TPSA) is 175 Å². The van der Waals surface area contributed by atoms with Crippen LogP contribution in [0.15, 0.2) is 11.1 Å². The molecule has 6 N–H and O–H groups in total. The molecule has 0 spiro atoms. The van der Waals surface area contributed by atoms with E-state index in [0.717, 1.165) is 70.6 Å². The van der Waals surface area contributed by atoms with Gasteiger partial charge < -0.3 is 49.6 Å². The van der Waals surface area contributed by atoms with Crippen LogP contribution in [0.2, 0.25) is 0 Å². The van der Waals surface area contributed by atoms with Gasteiger partial charge in [-0.25, -0.2) is 0 Å². The van der Waals surface area contributed by atoms with Crippen LogP contribution in [0.3, 0.4) is 0 Å². The lowest BCUT2D eigenvalue weighted by Crippen LogP contribution is -2.65. The number of hydrogen-bond acceptors (Lipinski definition) is 10. The number of aliphatic carboxylic acids is 1. The number of aliphatic hydroxyl groups excluding tert-OH is 5. The fourth-order valence-electron chi connectivity index (χ4n) is 13.1. The molecular weight excluding hydrogens is 656 g/mol. The molecule has 2 saturated heterocycles. The van der Waals surface area contributed by atoms with Crippen molar-refractivity contribution in [1.29, 1.82) is 0 Å². The fourth-order valence-corrected chi connectivity index (χ4v) is 13.1. The van der Waals surface area contributed by atoms with Crippen LogP contribution in [0.1, 0.15) is 119 Å². The molecule has 290 valence electrons. The van der Waals surface area contributed by atoms with Crippen LogP contribution >= 0.6 is 0 Å². The molecule has 0 amide bonds. The normalized spacial score (nSPS) is 52.2. The summed E-state index contributed by atoms with van der Waals surface area (Å²) < 4.78 is 24.1. The molecule has 6 fully saturated rings. The van der Waals surface area contributed by atoms with Crippen molar-refractivity contribution >= 4 is 5.97 Å². The van der Waals surface area contributed by atoms with Gasteiger partial charge in [-0.05, 0) is 110 Å². The van der Waals surface area contributed by atoms with Crippen LogP contribution < -0.4 is 0 Å². The first-order valence-electron chi connectivity index (χ1n) is 19.6. The maximum absolute atomic E-state index is 13.0. The Hall–Kier alpha value is -1.15. The molecule has 0 aromatic heterocycles. The van der Waals surface area contributed by atoms with Crippen LogP contribution in [0.25, 0.3) is 0 Å². The maximum Gasteiger partial charge on any atom is 0.313 e. The molecule has 7 aliphatic rings. The Morgan fingerprint density at radius 3 is 2.02 bits per heavy atom. The Kier molecular flexibility index (Phi) is 9.50. The number of carboxylic acid groups (broad SMARTS) is 1.